The van der Waals surface area contributed by atoms with Gasteiger partial charge in [-0.1, -0.05) is 35.3 Å². The largest absolute Gasteiger partial charge is 0.507 e. The highest BCUT2D eigenvalue weighted by Crippen LogP contribution is 2.38. The Morgan fingerprint density at radius 3 is 2.49 bits per heavy atom. The third-order valence-corrected chi connectivity index (χ3v) is 7.89. The third kappa shape index (κ3) is 4.91. The lowest BCUT2D eigenvalue weighted by Gasteiger charge is -2.20. The normalized spacial score (nSPS) is 11.7. The first-order valence-corrected chi connectivity index (χ1v) is 12.6. The molecule has 14 heteroatoms. The van der Waals surface area contributed by atoms with Crippen LogP contribution in [0.1, 0.15) is 15.9 Å². The van der Waals surface area contributed by atoms with Gasteiger partial charge in [-0.15, -0.1) is 0 Å². The topological polar surface area (TPSA) is 172 Å². The zero-order chi connectivity index (χ0) is 27.1. The summed E-state index contributed by atoms with van der Waals surface area (Å²) in [7, 11) is -3.20. The fraction of sp³-hybridized carbons (Fsp3) is 0.0870. The van der Waals surface area contributed by atoms with Crippen LogP contribution in [0, 0.1) is 0 Å². The second-order valence-corrected chi connectivity index (χ2v) is 10.8. The van der Waals surface area contributed by atoms with Crippen molar-refractivity contribution in [2.75, 3.05) is 7.05 Å². The van der Waals surface area contributed by atoms with E-state index < -0.39 is 38.0 Å². The van der Waals surface area contributed by atoms with Gasteiger partial charge in [0.15, 0.2) is 5.82 Å². The highest BCUT2D eigenvalue weighted by atomic mass is 35.5. The number of aromatic amines is 1. The molecule has 1 heterocycles. The van der Waals surface area contributed by atoms with E-state index in [0.717, 1.165) is 21.0 Å². The van der Waals surface area contributed by atoms with Crippen LogP contribution in [0.25, 0.3) is 17.1 Å². The van der Waals surface area contributed by atoms with E-state index in [0.29, 0.717) is 0 Å². The van der Waals surface area contributed by atoms with Gasteiger partial charge in [0.2, 0.25) is 15.9 Å². The molecule has 0 unspecified atom stereocenters. The van der Waals surface area contributed by atoms with Crippen molar-refractivity contribution in [2.45, 2.75) is 11.4 Å². The number of hydrogen-bond acceptors (Lipinski definition) is 7. The van der Waals surface area contributed by atoms with Crippen LogP contribution in [0.3, 0.4) is 0 Å². The lowest BCUT2D eigenvalue weighted by atomic mass is 10.1. The molecule has 0 saturated carbocycles. The average Bonchev–Trinajstić information content (AvgIpc) is 3.19. The minimum absolute atomic E-state index is 0.0716. The van der Waals surface area contributed by atoms with E-state index in [-0.39, 0.29) is 44.8 Å². The second-order valence-electron chi connectivity index (χ2n) is 7.90. The van der Waals surface area contributed by atoms with E-state index in [2.05, 4.69) is 10.2 Å². The Hall–Kier alpha value is -3.84. The molecule has 0 bridgehead atoms. The molecule has 0 aliphatic carbocycles. The van der Waals surface area contributed by atoms with Gasteiger partial charge in [-0.25, -0.2) is 22.9 Å². The number of phenolic OH excluding ortho intramolecular Hbond substituents is 2. The Bertz CT molecular complexity index is 1700. The van der Waals surface area contributed by atoms with E-state index >= 15 is 0 Å². The number of nitrogens with zero attached hydrogens (tertiary/aromatic N) is 3. The average molecular weight is 564 g/mol. The maximum absolute atomic E-state index is 13.4. The fourth-order valence-electron chi connectivity index (χ4n) is 3.70. The summed E-state index contributed by atoms with van der Waals surface area (Å²) in [5.41, 5.74) is 5.06. The number of primary amides is 1. The standard InChI is InChI=1S/C23H19Cl2N5O6S/c1-29(11-12-8-13(24)6-7-14(12)21(26)33)37(35,36)20-9-15(18(31)10-19(20)32)22-27-28-23(34)30(22)17-5-3-2-4-16(17)25/h2-10,31-32H,11H2,1H3,(H2,26,33)(H,28,34). The van der Waals surface area contributed by atoms with Gasteiger partial charge in [-0.3, -0.25) is 4.79 Å². The van der Waals surface area contributed by atoms with Crippen LogP contribution >= 0.6 is 23.2 Å². The lowest BCUT2D eigenvalue weighted by molar-refractivity contribution is 0.0999. The molecule has 5 N–H and O–H groups in total. The minimum atomic E-state index is -4.42. The van der Waals surface area contributed by atoms with Crippen LogP contribution < -0.4 is 11.4 Å². The molecule has 4 aromatic rings. The van der Waals surface area contributed by atoms with Gasteiger partial charge >= 0.3 is 5.69 Å². The number of carbonyl (C=O) groups is 1. The number of carbonyl (C=O) groups excluding carboxylic acids is 1. The number of phenols is 2. The number of rotatable bonds is 7. The van der Waals surface area contributed by atoms with E-state index in [4.69, 9.17) is 28.9 Å². The summed E-state index contributed by atoms with van der Waals surface area (Å²) in [4.78, 5) is 23.7. The van der Waals surface area contributed by atoms with Crippen molar-refractivity contribution < 1.29 is 23.4 Å². The van der Waals surface area contributed by atoms with Gasteiger partial charge in [0.1, 0.15) is 16.4 Å². The number of amides is 1. The molecular formula is C23H19Cl2N5O6S. The van der Waals surface area contributed by atoms with Crippen molar-refractivity contribution in [3.8, 4) is 28.6 Å². The van der Waals surface area contributed by atoms with Gasteiger partial charge in [-0.2, -0.15) is 9.40 Å². The lowest BCUT2D eigenvalue weighted by Crippen LogP contribution is -2.28. The van der Waals surface area contributed by atoms with E-state index in [9.17, 15) is 28.2 Å². The van der Waals surface area contributed by atoms with Gasteiger partial charge in [0.05, 0.1) is 16.3 Å². The molecule has 0 aliphatic heterocycles. The molecule has 0 spiro atoms. The summed E-state index contributed by atoms with van der Waals surface area (Å²) >= 11 is 12.2. The predicted octanol–water partition coefficient (Wildman–Crippen LogP) is 2.87. The van der Waals surface area contributed by atoms with Crippen LogP contribution in [0.4, 0.5) is 0 Å². The number of sulfonamides is 1. The number of hydrogen-bond donors (Lipinski definition) is 4. The first-order chi connectivity index (χ1) is 17.4. The number of para-hydroxylation sites is 1. The van der Waals surface area contributed by atoms with Crippen molar-refractivity contribution in [3.05, 3.63) is 86.3 Å². The fourth-order valence-corrected chi connectivity index (χ4v) is 5.35. The monoisotopic (exact) mass is 563 g/mol. The molecule has 1 amide bonds. The Balaban J connectivity index is 1.82. The van der Waals surface area contributed by atoms with Gasteiger partial charge in [0, 0.05) is 30.2 Å². The molecule has 1 aromatic heterocycles. The number of H-pyrrole nitrogens is 1. The highest BCUT2D eigenvalue weighted by Gasteiger charge is 2.29. The zero-order valence-corrected chi connectivity index (χ0v) is 21.3. The van der Waals surface area contributed by atoms with Gasteiger partial charge < -0.3 is 15.9 Å². The first-order valence-electron chi connectivity index (χ1n) is 10.4. The molecule has 0 aliphatic rings. The number of nitrogens with one attached hydrogen (secondary N) is 1. The highest BCUT2D eigenvalue weighted by molar-refractivity contribution is 7.89. The molecule has 0 saturated heterocycles. The maximum atomic E-state index is 13.4. The van der Waals surface area contributed by atoms with Crippen molar-refractivity contribution in [1.29, 1.82) is 0 Å². The van der Waals surface area contributed by atoms with Crippen molar-refractivity contribution in [1.82, 2.24) is 19.1 Å². The van der Waals surface area contributed by atoms with Crippen LogP contribution in [-0.4, -0.2) is 50.7 Å². The molecule has 0 fully saturated rings. The van der Waals surface area contributed by atoms with Crippen molar-refractivity contribution in [3.63, 3.8) is 0 Å². The van der Waals surface area contributed by atoms with Crippen LogP contribution in [-0.2, 0) is 16.6 Å². The van der Waals surface area contributed by atoms with Crippen LogP contribution in [0.15, 0.2) is 64.3 Å². The quantitative estimate of drug-likeness (QED) is 0.267. The molecule has 192 valence electrons. The summed E-state index contributed by atoms with van der Waals surface area (Å²) in [6.45, 7) is -0.316. The molecule has 3 aromatic carbocycles. The Morgan fingerprint density at radius 2 is 1.81 bits per heavy atom. The summed E-state index contributed by atoms with van der Waals surface area (Å²) < 4.78 is 28.8. The van der Waals surface area contributed by atoms with Gasteiger partial charge in [-0.05, 0) is 42.0 Å². The minimum Gasteiger partial charge on any atom is -0.507 e. The predicted molar refractivity (Wildman–Crippen MR) is 137 cm³/mol. The van der Waals surface area contributed by atoms with Gasteiger partial charge in [0.25, 0.3) is 0 Å². The SMILES string of the molecule is CN(Cc1cc(Cl)ccc1C(N)=O)S(=O)(=O)c1cc(-c2n[nH]c(=O)n2-c2ccccc2Cl)c(O)cc1O. The van der Waals surface area contributed by atoms with E-state index in [1.165, 1.54) is 37.4 Å². The number of benzene rings is 3. The zero-order valence-electron chi connectivity index (χ0n) is 19.0. The second kappa shape index (κ2) is 9.90. The van der Waals surface area contributed by atoms with E-state index in [1.54, 1.807) is 12.1 Å². The first kappa shape index (κ1) is 26.2. The number of aromatic nitrogens is 3. The van der Waals surface area contributed by atoms with Crippen LogP contribution in [0.2, 0.25) is 10.0 Å². The van der Waals surface area contributed by atoms with Crippen molar-refractivity contribution in [2.24, 2.45) is 5.73 Å². The Kier molecular flexibility index (Phi) is 7.02. The summed E-state index contributed by atoms with van der Waals surface area (Å²) in [6.07, 6.45) is 0. The summed E-state index contributed by atoms with van der Waals surface area (Å²) in [5, 5.41) is 27.6. The number of halogens is 2. The molecule has 11 nitrogen and oxygen atoms in total. The summed E-state index contributed by atoms with van der Waals surface area (Å²) in [6, 6.07) is 12.4. The molecular weight excluding hydrogens is 545 g/mol. The third-order valence-electron chi connectivity index (χ3n) is 5.50. The summed E-state index contributed by atoms with van der Waals surface area (Å²) in [5.74, 6) is -2.22. The number of aromatic hydroxyl groups is 2. The Labute approximate surface area is 220 Å². The van der Waals surface area contributed by atoms with E-state index in [1.807, 2.05) is 0 Å². The smallest absolute Gasteiger partial charge is 0.348 e. The Morgan fingerprint density at radius 1 is 1.11 bits per heavy atom. The molecule has 37 heavy (non-hydrogen) atoms. The van der Waals surface area contributed by atoms with Crippen LogP contribution in [0.5, 0.6) is 11.5 Å². The van der Waals surface area contributed by atoms with Crippen molar-refractivity contribution >= 4 is 39.1 Å². The molecule has 0 atom stereocenters. The molecule has 4 rings (SSSR count). The molecule has 0 radical (unpaired) electrons. The maximum Gasteiger partial charge on any atom is 0.348 e. The number of nitrogens with two attached hydrogens (primary N) is 1.